The zero-order valence-corrected chi connectivity index (χ0v) is 17.1. The van der Waals surface area contributed by atoms with Gasteiger partial charge in [0.2, 0.25) is 10.0 Å². The lowest BCUT2D eigenvalue weighted by molar-refractivity contribution is -0.124. The molecule has 3 rings (SSSR count). The van der Waals surface area contributed by atoms with Crippen LogP contribution in [0.2, 0.25) is 0 Å². The van der Waals surface area contributed by atoms with Crippen LogP contribution in [0.15, 0.2) is 59.5 Å². The molecule has 0 atom stereocenters. The third-order valence-electron chi connectivity index (χ3n) is 4.73. The summed E-state index contributed by atoms with van der Waals surface area (Å²) in [4.78, 5) is 13.3. The minimum Gasteiger partial charge on any atom is -0.435 e. The summed E-state index contributed by atoms with van der Waals surface area (Å²) in [7, 11) is -3.78. The number of nitrogens with one attached hydrogen (secondary N) is 1. The number of hydroxylamine groups is 1. The van der Waals surface area contributed by atoms with Gasteiger partial charge in [-0.1, -0.05) is 18.2 Å². The molecule has 1 saturated heterocycles. The van der Waals surface area contributed by atoms with Crippen molar-refractivity contribution < 1.29 is 31.9 Å². The standard InChI is InChI=1S/C20H21F2N3O5S/c21-20(22)30-16-6-8-17(9-7-16)31(28,29)25-13-11-24(12-14-25)18-4-2-1-3-15(18)5-10-19(26)23-27/h1-10,20,27H,11-14H2,(H,23,26). The van der Waals surface area contributed by atoms with Crippen molar-refractivity contribution in [2.45, 2.75) is 11.5 Å². The van der Waals surface area contributed by atoms with Crippen LogP contribution in [0.1, 0.15) is 5.56 Å². The van der Waals surface area contributed by atoms with E-state index >= 15 is 0 Å². The molecule has 1 fully saturated rings. The second kappa shape index (κ2) is 9.86. The lowest BCUT2D eigenvalue weighted by atomic mass is 10.1. The number of piperazine rings is 1. The highest BCUT2D eigenvalue weighted by atomic mass is 32.2. The number of hydrogen-bond donors (Lipinski definition) is 2. The molecule has 0 aromatic heterocycles. The number of benzene rings is 2. The van der Waals surface area contributed by atoms with Crippen LogP contribution < -0.4 is 15.1 Å². The molecule has 1 amide bonds. The summed E-state index contributed by atoms with van der Waals surface area (Å²) >= 11 is 0. The van der Waals surface area contributed by atoms with Crippen LogP contribution in [0.4, 0.5) is 14.5 Å². The summed E-state index contributed by atoms with van der Waals surface area (Å²) in [5, 5.41) is 8.62. The Kier molecular flexibility index (Phi) is 7.21. The van der Waals surface area contributed by atoms with Crippen LogP contribution in [0.5, 0.6) is 5.75 Å². The minimum atomic E-state index is -3.78. The summed E-state index contributed by atoms with van der Waals surface area (Å²) in [6, 6.07) is 12.2. The van der Waals surface area contributed by atoms with Crippen molar-refractivity contribution in [2.24, 2.45) is 0 Å². The van der Waals surface area contributed by atoms with Crippen LogP contribution in [0.25, 0.3) is 6.08 Å². The van der Waals surface area contributed by atoms with E-state index in [9.17, 15) is 22.0 Å². The Labute approximate surface area is 178 Å². The number of rotatable bonds is 7. The van der Waals surface area contributed by atoms with Crippen molar-refractivity contribution in [3.8, 4) is 5.75 Å². The monoisotopic (exact) mass is 453 g/mol. The van der Waals surface area contributed by atoms with E-state index in [-0.39, 0.29) is 23.7 Å². The molecule has 2 N–H and O–H groups in total. The second-order valence-electron chi connectivity index (χ2n) is 6.61. The number of anilines is 1. The summed E-state index contributed by atoms with van der Waals surface area (Å²) in [5.74, 6) is -0.769. The first-order chi connectivity index (χ1) is 14.8. The van der Waals surface area contributed by atoms with Crippen LogP contribution in [-0.2, 0) is 14.8 Å². The molecule has 0 aliphatic carbocycles. The van der Waals surface area contributed by atoms with Crippen molar-refractivity contribution in [3.05, 3.63) is 60.2 Å². The van der Waals surface area contributed by atoms with E-state index in [4.69, 9.17) is 5.21 Å². The van der Waals surface area contributed by atoms with E-state index in [2.05, 4.69) is 4.74 Å². The molecule has 2 aromatic carbocycles. The molecule has 0 bridgehead atoms. The number of amides is 1. The van der Waals surface area contributed by atoms with E-state index in [1.807, 2.05) is 29.2 Å². The zero-order chi connectivity index (χ0) is 22.4. The largest absolute Gasteiger partial charge is 0.435 e. The number of carbonyl (C=O) groups is 1. The van der Waals surface area contributed by atoms with Gasteiger partial charge in [-0.15, -0.1) is 0 Å². The molecular weight excluding hydrogens is 432 g/mol. The Bertz CT molecular complexity index is 1040. The Hall–Kier alpha value is -3.02. The molecule has 1 aliphatic heterocycles. The Morgan fingerprint density at radius 2 is 1.71 bits per heavy atom. The molecule has 0 radical (unpaired) electrons. The van der Waals surface area contributed by atoms with Crippen LogP contribution >= 0.6 is 0 Å². The first kappa shape index (κ1) is 22.7. The molecular formula is C20H21F2N3O5S. The van der Waals surface area contributed by atoms with Crippen LogP contribution in [0.3, 0.4) is 0 Å². The number of nitrogens with zero attached hydrogens (tertiary/aromatic N) is 2. The normalized spacial score (nSPS) is 15.4. The van der Waals surface area contributed by atoms with Gasteiger partial charge in [-0.2, -0.15) is 13.1 Å². The Balaban J connectivity index is 1.69. The maximum atomic E-state index is 12.9. The van der Waals surface area contributed by atoms with Gasteiger partial charge in [-0.25, -0.2) is 13.9 Å². The number of carbonyl (C=O) groups excluding carboxylic acids is 1. The van der Waals surface area contributed by atoms with Gasteiger partial charge in [0.15, 0.2) is 0 Å². The van der Waals surface area contributed by atoms with Crippen molar-refractivity contribution in [2.75, 3.05) is 31.1 Å². The van der Waals surface area contributed by atoms with Gasteiger partial charge in [0, 0.05) is 37.9 Å². The van der Waals surface area contributed by atoms with Crippen molar-refractivity contribution >= 4 is 27.7 Å². The highest BCUT2D eigenvalue weighted by Crippen LogP contribution is 2.26. The van der Waals surface area contributed by atoms with Gasteiger partial charge in [-0.3, -0.25) is 10.0 Å². The number of alkyl halides is 2. The molecule has 1 aliphatic rings. The highest BCUT2D eigenvalue weighted by Gasteiger charge is 2.29. The van der Waals surface area contributed by atoms with E-state index in [0.717, 1.165) is 11.3 Å². The van der Waals surface area contributed by atoms with Gasteiger partial charge in [0.25, 0.3) is 5.91 Å². The minimum absolute atomic E-state index is 0.000848. The number of sulfonamides is 1. The molecule has 0 saturated carbocycles. The summed E-state index contributed by atoms with van der Waals surface area (Å²) < 4.78 is 55.9. The first-order valence-electron chi connectivity index (χ1n) is 9.32. The molecule has 11 heteroatoms. The lowest BCUT2D eigenvalue weighted by Gasteiger charge is -2.36. The summed E-state index contributed by atoms with van der Waals surface area (Å²) in [6.07, 6.45) is 2.76. The van der Waals surface area contributed by atoms with E-state index in [1.165, 1.54) is 40.1 Å². The third-order valence-corrected chi connectivity index (χ3v) is 6.64. The Morgan fingerprint density at radius 3 is 2.32 bits per heavy atom. The smallest absolute Gasteiger partial charge is 0.387 e. The van der Waals surface area contributed by atoms with Gasteiger partial charge >= 0.3 is 6.61 Å². The molecule has 0 spiro atoms. The topological polar surface area (TPSA) is 99.2 Å². The molecule has 166 valence electrons. The number of ether oxygens (including phenoxy) is 1. The third kappa shape index (κ3) is 5.57. The van der Waals surface area contributed by atoms with Gasteiger partial charge in [-0.05, 0) is 42.0 Å². The van der Waals surface area contributed by atoms with Crippen molar-refractivity contribution in [1.29, 1.82) is 0 Å². The van der Waals surface area contributed by atoms with E-state index in [0.29, 0.717) is 13.1 Å². The summed E-state index contributed by atoms with van der Waals surface area (Å²) in [5.41, 5.74) is 3.10. The van der Waals surface area contributed by atoms with Crippen molar-refractivity contribution in [1.82, 2.24) is 9.79 Å². The fourth-order valence-electron chi connectivity index (χ4n) is 3.23. The predicted molar refractivity (Wildman–Crippen MR) is 109 cm³/mol. The summed E-state index contributed by atoms with van der Waals surface area (Å²) in [6.45, 7) is -1.68. The van der Waals surface area contributed by atoms with Gasteiger partial charge in [0.1, 0.15) is 5.75 Å². The maximum Gasteiger partial charge on any atom is 0.387 e. The number of halogens is 2. The van der Waals surface area contributed by atoms with Crippen molar-refractivity contribution in [3.63, 3.8) is 0 Å². The average Bonchev–Trinajstić information content (AvgIpc) is 2.77. The van der Waals surface area contributed by atoms with Crippen LogP contribution in [-0.4, -0.2) is 56.6 Å². The SMILES string of the molecule is O=C(C=Cc1ccccc1N1CCN(S(=O)(=O)c2ccc(OC(F)F)cc2)CC1)NO. The van der Waals surface area contributed by atoms with Gasteiger partial charge < -0.3 is 9.64 Å². The van der Waals surface area contributed by atoms with Gasteiger partial charge in [0.05, 0.1) is 4.90 Å². The first-order valence-corrected chi connectivity index (χ1v) is 10.8. The molecule has 0 unspecified atom stereocenters. The zero-order valence-electron chi connectivity index (χ0n) is 16.3. The highest BCUT2D eigenvalue weighted by molar-refractivity contribution is 7.89. The Morgan fingerprint density at radius 1 is 1.06 bits per heavy atom. The molecule has 31 heavy (non-hydrogen) atoms. The number of hydrogen-bond acceptors (Lipinski definition) is 6. The fourth-order valence-corrected chi connectivity index (χ4v) is 4.65. The molecule has 1 heterocycles. The molecule has 2 aromatic rings. The molecule has 8 nitrogen and oxygen atoms in total. The number of para-hydroxylation sites is 1. The van der Waals surface area contributed by atoms with E-state index in [1.54, 1.807) is 6.08 Å². The quantitative estimate of drug-likeness (QED) is 0.379. The maximum absolute atomic E-state index is 12.9. The predicted octanol–water partition coefficient (Wildman–Crippen LogP) is 2.32. The average molecular weight is 453 g/mol. The van der Waals surface area contributed by atoms with E-state index < -0.39 is 22.5 Å². The van der Waals surface area contributed by atoms with Crippen LogP contribution in [0, 0.1) is 0 Å². The fraction of sp³-hybridized carbons (Fsp3) is 0.250. The second-order valence-corrected chi connectivity index (χ2v) is 8.55. The lowest BCUT2D eigenvalue weighted by Crippen LogP contribution is -2.48.